The zero-order valence-electron chi connectivity index (χ0n) is 10.1. The Kier molecular flexibility index (Phi) is 3.94. The van der Waals surface area contributed by atoms with Gasteiger partial charge in [-0.15, -0.1) is 0 Å². The molecule has 6 heteroatoms. The maximum Gasteiger partial charge on any atom is 0.273 e. The van der Waals surface area contributed by atoms with E-state index in [1.54, 1.807) is 24.3 Å². The molecule has 98 valence electrons. The van der Waals surface area contributed by atoms with Gasteiger partial charge in [0.2, 0.25) is 0 Å². The van der Waals surface area contributed by atoms with Gasteiger partial charge in [-0.05, 0) is 30.3 Å². The standard InChI is InChI=1S/C13H13N3O3/c14-9-15-10-4-6-12(7-5-10)19-13-3-1-2-11(8-13)16(17)18/h1-8,15H,9,14H2. The van der Waals surface area contributed by atoms with E-state index in [1.807, 2.05) is 12.1 Å². The number of nitro benzene ring substituents is 1. The van der Waals surface area contributed by atoms with Crippen LogP contribution in [0.5, 0.6) is 11.5 Å². The molecular weight excluding hydrogens is 246 g/mol. The zero-order chi connectivity index (χ0) is 13.7. The van der Waals surface area contributed by atoms with Gasteiger partial charge in [-0.3, -0.25) is 10.1 Å². The topological polar surface area (TPSA) is 90.4 Å². The average Bonchev–Trinajstić information content (AvgIpc) is 2.42. The van der Waals surface area contributed by atoms with Crippen LogP contribution in [-0.2, 0) is 0 Å². The van der Waals surface area contributed by atoms with E-state index in [0.717, 1.165) is 5.69 Å². The summed E-state index contributed by atoms with van der Waals surface area (Å²) in [7, 11) is 0. The Hall–Kier alpha value is -2.60. The molecule has 2 aromatic rings. The molecule has 0 spiro atoms. The molecule has 19 heavy (non-hydrogen) atoms. The maximum atomic E-state index is 10.7. The summed E-state index contributed by atoms with van der Waals surface area (Å²) < 4.78 is 5.54. The molecule has 6 nitrogen and oxygen atoms in total. The number of rotatable bonds is 5. The van der Waals surface area contributed by atoms with Crippen LogP contribution >= 0.6 is 0 Å². The van der Waals surface area contributed by atoms with E-state index < -0.39 is 4.92 Å². The molecule has 0 heterocycles. The number of ether oxygens (including phenoxy) is 1. The van der Waals surface area contributed by atoms with Crippen LogP contribution in [-0.4, -0.2) is 11.6 Å². The number of non-ortho nitro benzene ring substituents is 1. The molecule has 0 amide bonds. The van der Waals surface area contributed by atoms with Crippen LogP contribution in [0.3, 0.4) is 0 Å². The van der Waals surface area contributed by atoms with Crippen molar-refractivity contribution in [3.05, 3.63) is 58.6 Å². The third-order valence-corrected chi connectivity index (χ3v) is 2.42. The van der Waals surface area contributed by atoms with Crippen LogP contribution in [0.1, 0.15) is 0 Å². The molecule has 0 fully saturated rings. The minimum absolute atomic E-state index is 0.00100. The van der Waals surface area contributed by atoms with Crippen LogP contribution in [0.15, 0.2) is 48.5 Å². The lowest BCUT2D eigenvalue weighted by molar-refractivity contribution is -0.384. The third kappa shape index (κ3) is 3.43. The van der Waals surface area contributed by atoms with Gasteiger partial charge in [0.05, 0.1) is 17.7 Å². The number of hydrogen-bond acceptors (Lipinski definition) is 5. The molecule has 0 saturated carbocycles. The van der Waals surface area contributed by atoms with Crippen molar-refractivity contribution < 1.29 is 9.66 Å². The molecular formula is C13H13N3O3. The van der Waals surface area contributed by atoms with Gasteiger partial charge in [-0.1, -0.05) is 6.07 Å². The van der Waals surface area contributed by atoms with Crippen molar-refractivity contribution in [2.75, 3.05) is 12.0 Å². The quantitative estimate of drug-likeness (QED) is 0.489. The Balaban J connectivity index is 2.12. The SMILES string of the molecule is NCNc1ccc(Oc2cccc([N+](=O)[O-])c2)cc1. The first kappa shape index (κ1) is 12.8. The Bertz CT molecular complexity index is 570. The van der Waals surface area contributed by atoms with Crippen molar-refractivity contribution in [1.29, 1.82) is 0 Å². The molecule has 0 unspecified atom stereocenters. The third-order valence-electron chi connectivity index (χ3n) is 2.42. The number of nitrogens with one attached hydrogen (secondary N) is 1. The van der Waals surface area contributed by atoms with E-state index in [1.165, 1.54) is 12.1 Å². The summed E-state index contributed by atoms with van der Waals surface area (Å²) in [5.41, 5.74) is 6.24. The number of benzene rings is 2. The van der Waals surface area contributed by atoms with Gasteiger partial charge >= 0.3 is 0 Å². The number of nitro groups is 1. The summed E-state index contributed by atoms with van der Waals surface area (Å²) in [4.78, 5) is 10.2. The molecule has 3 N–H and O–H groups in total. The second-order valence-corrected chi connectivity index (χ2v) is 3.76. The fourth-order valence-electron chi connectivity index (χ4n) is 1.56. The highest BCUT2D eigenvalue weighted by molar-refractivity contribution is 5.47. The van der Waals surface area contributed by atoms with Gasteiger partial charge in [0.1, 0.15) is 11.5 Å². The smallest absolute Gasteiger partial charge is 0.273 e. The first-order valence-corrected chi connectivity index (χ1v) is 5.65. The van der Waals surface area contributed by atoms with Crippen LogP contribution in [0, 0.1) is 10.1 Å². The Labute approximate surface area is 110 Å². The summed E-state index contributed by atoms with van der Waals surface area (Å²) in [6, 6.07) is 13.2. The largest absolute Gasteiger partial charge is 0.457 e. The minimum atomic E-state index is -0.457. The lowest BCUT2D eigenvalue weighted by Crippen LogP contribution is -2.10. The van der Waals surface area contributed by atoms with Crippen molar-refractivity contribution >= 4 is 11.4 Å². The number of nitrogens with two attached hydrogens (primary N) is 1. The predicted molar refractivity (Wildman–Crippen MR) is 72.3 cm³/mol. The van der Waals surface area contributed by atoms with Crippen LogP contribution in [0.4, 0.5) is 11.4 Å². The summed E-state index contributed by atoms with van der Waals surface area (Å²) in [5, 5.41) is 13.6. The first-order valence-electron chi connectivity index (χ1n) is 5.65. The summed E-state index contributed by atoms with van der Waals surface area (Å²) >= 11 is 0. The molecule has 2 aromatic carbocycles. The monoisotopic (exact) mass is 259 g/mol. The molecule has 0 aliphatic rings. The van der Waals surface area contributed by atoms with Gasteiger partial charge in [-0.25, -0.2) is 0 Å². The fourth-order valence-corrected chi connectivity index (χ4v) is 1.56. The van der Waals surface area contributed by atoms with Crippen molar-refractivity contribution in [2.24, 2.45) is 5.73 Å². The van der Waals surface area contributed by atoms with Crippen LogP contribution in [0.2, 0.25) is 0 Å². The van der Waals surface area contributed by atoms with Gasteiger partial charge in [0, 0.05) is 11.8 Å². The van der Waals surface area contributed by atoms with Crippen LogP contribution < -0.4 is 15.8 Å². The number of hydrogen-bond donors (Lipinski definition) is 2. The minimum Gasteiger partial charge on any atom is -0.457 e. The van der Waals surface area contributed by atoms with Crippen molar-refractivity contribution in [3.8, 4) is 11.5 Å². The molecule has 0 bridgehead atoms. The Morgan fingerprint density at radius 2 is 1.89 bits per heavy atom. The van der Waals surface area contributed by atoms with E-state index in [0.29, 0.717) is 18.2 Å². The van der Waals surface area contributed by atoms with Gasteiger partial charge in [0.15, 0.2) is 0 Å². The van der Waals surface area contributed by atoms with E-state index in [2.05, 4.69) is 5.32 Å². The second kappa shape index (κ2) is 5.83. The van der Waals surface area contributed by atoms with Crippen molar-refractivity contribution in [2.45, 2.75) is 0 Å². The van der Waals surface area contributed by atoms with E-state index in [9.17, 15) is 10.1 Å². The lowest BCUT2D eigenvalue weighted by Gasteiger charge is -2.07. The molecule has 0 aliphatic heterocycles. The first-order chi connectivity index (χ1) is 9.19. The van der Waals surface area contributed by atoms with Gasteiger partial charge in [-0.2, -0.15) is 0 Å². The highest BCUT2D eigenvalue weighted by Crippen LogP contribution is 2.25. The van der Waals surface area contributed by atoms with E-state index in [-0.39, 0.29) is 5.69 Å². The molecule has 0 aliphatic carbocycles. The highest BCUT2D eigenvalue weighted by atomic mass is 16.6. The molecule has 0 radical (unpaired) electrons. The second-order valence-electron chi connectivity index (χ2n) is 3.76. The fraction of sp³-hybridized carbons (Fsp3) is 0.0769. The predicted octanol–water partition coefficient (Wildman–Crippen LogP) is 2.72. The highest BCUT2D eigenvalue weighted by Gasteiger charge is 2.06. The Morgan fingerprint density at radius 3 is 2.53 bits per heavy atom. The normalized spacial score (nSPS) is 9.95. The average molecular weight is 259 g/mol. The van der Waals surface area contributed by atoms with Crippen molar-refractivity contribution in [3.63, 3.8) is 0 Å². The van der Waals surface area contributed by atoms with Gasteiger partial charge in [0.25, 0.3) is 5.69 Å². The molecule has 0 atom stereocenters. The molecule has 0 saturated heterocycles. The maximum absolute atomic E-state index is 10.7. The van der Waals surface area contributed by atoms with Crippen molar-refractivity contribution in [1.82, 2.24) is 0 Å². The lowest BCUT2D eigenvalue weighted by atomic mass is 10.3. The van der Waals surface area contributed by atoms with Crippen LogP contribution in [0.25, 0.3) is 0 Å². The molecule has 0 aromatic heterocycles. The zero-order valence-corrected chi connectivity index (χ0v) is 10.1. The number of anilines is 1. The summed E-state index contributed by atoms with van der Waals surface area (Å²) in [5.74, 6) is 1.02. The number of nitrogens with zero attached hydrogens (tertiary/aromatic N) is 1. The summed E-state index contributed by atoms with van der Waals surface area (Å²) in [6.07, 6.45) is 0. The van der Waals surface area contributed by atoms with E-state index >= 15 is 0 Å². The van der Waals surface area contributed by atoms with E-state index in [4.69, 9.17) is 10.5 Å². The Morgan fingerprint density at radius 1 is 1.16 bits per heavy atom. The summed E-state index contributed by atoms with van der Waals surface area (Å²) in [6.45, 7) is 0.352. The van der Waals surface area contributed by atoms with Gasteiger partial charge < -0.3 is 15.8 Å². The molecule has 2 rings (SSSR count).